The van der Waals surface area contributed by atoms with Gasteiger partial charge in [-0.3, -0.25) is 4.99 Å². The second-order valence-corrected chi connectivity index (χ2v) is 12.6. The summed E-state index contributed by atoms with van der Waals surface area (Å²) in [4.78, 5) is 6.96. The van der Waals surface area contributed by atoms with Gasteiger partial charge in [0.15, 0.2) is 5.17 Å². The largest absolute Gasteiger partial charge is 0.611 e. The van der Waals surface area contributed by atoms with Crippen molar-refractivity contribution in [3.05, 3.63) is 11.0 Å². The Morgan fingerprint density at radius 2 is 1.74 bits per heavy atom. The quantitative estimate of drug-likeness (QED) is 0.341. The molecule has 0 aromatic heterocycles. The van der Waals surface area contributed by atoms with Crippen LogP contribution in [0.15, 0.2) is 16.0 Å². The van der Waals surface area contributed by atoms with Crippen molar-refractivity contribution in [1.82, 2.24) is 4.90 Å². The summed E-state index contributed by atoms with van der Waals surface area (Å²) < 4.78 is 31.9. The van der Waals surface area contributed by atoms with Crippen molar-refractivity contribution >= 4 is 28.1 Å². The van der Waals surface area contributed by atoms with Crippen molar-refractivity contribution in [1.29, 1.82) is 0 Å². The van der Waals surface area contributed by atoms with Crippen LogP contribution in [0.5, 0.6) is 0 Å². The zero-order chi connectivity index (χ0) is 23.2. The molecule has 0 N–H and O–H groups in total. The van der Waals surface area contributed by atoms with Gasteiger partial charge in [-0.1, -0.05) is 38.5 Å². The number of fused-ring (bicyclic) bond motifs is 1. The number of aliphatic imine (C=N–C) groups is 1. The van der Waals surface area contributed by atoms with E-state index in [4.69, 9.17) is 19.2 Å². The first-order valence-electron chi connectivity index (χ1n) is 11.5. The zero-order valence-corrected chi connectivity index (χ0v) is 22.2. The number of rotatable bonds is 10. The average molecular weight is 475 g/mol. The molecule has 0 amide bonds. The maximum atomic E-state index is 12.8. The molecule has 0 bridgehead atoms. The molecule has 2 rings (SSSR count). The maximum absolute atomic E-state index is 12.8. The lowest BCUT2D eigenvalue weighted by molar-refractivity contribution is -0.180. The summed E-state index contributed by atoms with van der Waals surface area (Å²) in [5.74, 6) is 0. The van der Waals surface area contributed by atoms with Crippen LogP contribution >= 0.6 is 11.8 Å². The number of hydrogen-bond acceptors (Lipinski definition) is 7. The van der Waals surface area contributed by atoms with Gasteiger partial charge in [-0.15, -0.1) is 0 Å². The van der Waals surface area contributed by atoms with Gasteiger partial charge < -0.3 is 23.7 Å². The van der Waals surface area contributed by atoms with E-state index in [0.717, 1.165) is 36.4 Å². The Hall–Kier alpha value is -0.250. The van der Waals surface area contributed by atoms with Crippen LogP contribution in [-0.4, -0.2) is 76.5 Å². The van der Waals surface area contributed by atoms with Crippen molar-refractivity contribution in [3.63, 3.8) is 0 Å². The number of ether oxygens (including phenoxy) is 3. The minimum atomic E-state index is -1.11. The molecule has 0 aromatic rings. The van der Waals surface area contributed by atoms with Crippen molar-refractivity contribution < 1.29 is 18.8 Å². The van der Waals surface area contributed by atoms with E-state index in [1.807, 2.05) is 52.1 Å². The van der Waals surface area contributed by atoms with E-state index < -0.39 is 11.2 Å². The molecule has 1 saturated heterocycles. The molecule has 6 nitrogen and oxygen atoms in total. The molecular weight excluding hydrogens is 432 g/mol. The highest BCUT2D eigenvalue weighted by molar-refractivity contribution is 8.14. The second-order valence-electron chi connectivity index (χ2n) is 9.49. The van der Waals surface area contributed by atoms with Crippen LogP contribution < -0.4 is 0 Å². The third-order valence-corrected chi connectivity index (χ3v) is 8.44. The molecule has 2 heterocycles. The van der Waals surface area contributed by atoms with Gasteiger partial charge in [-0.2, -0.15) is 0 Å². The van der Waals surface area contributed by atoms with Crippen LogP contribution in [0.1, 0.15) is 67.2 Å². The normalized spacial score (nSPS) is 30.2. The maximum Gasteiger partial charge on any atom is 0.161 e. The van der Waals surface area contributed by atoms with Gasteiger partial charge >= 0.3 is 0 Å². The Morgan fingerprint density at radius 3 is 2.26 bits per heavy atom. The Kier molecular flexibility index (Phi) is 10.7. The molecule has 0 radical (unpaired) electrons. The molecule has 2 aliphatic heterocycles. The van der Waals surface area contributed by atoms with E-state index in [0.29, 0.717) is 13.2 Å². The predicted molar refractivity (Wildman–Crippen MR) is 132 cm³/mol. The fourth-order valence-corrected chi connectivity index (χ4v) is 5.38. The van der Waals surface area contributed by atoms with Gasteiger partial charge in [0.2, 0.25) is 0 Å². The molecule has 0 aliphatic carbocycles. The van der Waals surface area contributed by atoms with Crippen molar-refractivity contribution in [2.24, 2.45) is 4.99 Å². The fourth-order valence-electron chi connectivity index (χ4n) is 3.42. The van der Waals surface area contributed by atoms with Crippen molar-refractivity contribution in [2.75, 3.05) is 27.3 Å². The van der Waals surface area contributed by atoms with Gasteiger partial charge in [0.25, 0.3) is 0 Å². The van der Waals surface area contributed by atoms with E-state index in [1.54, 1.807) is 11.8 Å². The lowest BCUT2D eigenvalue weighted by Gasteiger charge is -2.43. The summed E-state index contributed by atoms with van der Waals surface area (Å²) in [5, 5.41) is 2.80. The highest BCUT2D eigenvalue weighted by Gasteiger charge is 2.51. The van der Waals surface area contributed by atoms with Crippen LogP contribution in [-0.2, 0) is 25.4 Å². The van der Waals surface area contributed by atoms with Crippen LogP contribution in [0.4, 0.5) is 0 Å². The van der Waals surface area contributed by atoms with Gasteiger partial charge in [0.1, 0.15) is 39.9 Å². The lowest BCUT2D eigenvalue weighted by atomic mass is 9.94. The third kappa shape index (κ3) is 7.37. The predicted octanol–water partition coefficient (Wildman–Crippen LogP) is 4.57. The van der Waals surface area contributed by atoms with Crippen LogP contribution in [0.3, 0.4) is 0 Å². The fraction of sp³-hybridized carbons (Fsp3) is 0.870. The first kappa shape index (κ1) is 27.0. The molecule has 8 heteroatoms. The van der Waals surface area contributed by atoms with Gasteiger partial charge in [0, 0.05) is 32.9 Å². The average Bonchev–Trinajstić information content (AvgIpc) is 3.12. The summed E-state index contributed by atoms with van der Waals surface area (Å²) in [5.41, 5.74) is 0.808. The molecule has 1 unspecified atom stereocenters. The van der Waals surface area contributed by atoms with Crippen LogP contribution in [0, 0.1) is 0 Å². The summed E-state index contributed by atoms with van der Waals surface area (Å²) in [6.07, 6.45) is 3.35. The SMILES string of the molecule is CCCCO[C@@H]1[C@H]2N=C(N(C)C)S[C@H]2O[C@H](C(C)=C[S+]([O-])C(C)(C)C)[C@H]1OCCCC. The van der Waals surface area contributed by atoms with E-state index in [-0.39, 0.29) is 34.5 Å². The van der Waals surface area contributed by atoms with Crippen molar-refractivity contribution in [2.45, 2.75) is 102 Å². The standard InChI is InChI=1S/C23H42N2O4S2/c1-9-11-13-27-19-17-21(30-22(24-17)25(7)8)29-18(20(19)28-14-12-10-2)16(3)15-31(26)23(4,5)6/h15,17-21H,9-14H2,1-8H3/t17-,18-,19-,20-,21-,31?/m1/s1. The monoisotopic (exact) mass is 474 g/mol. The number of thioether (sulfide) groups is 1. The summed E-state index contributed by atoms with van der Waals surface area (Å²) in [6, 6.07) is -0.108. The highest BCUT2D eigenvalue weighted by Crippen LogP contribution is 2.41. The van der Waals surface area contributed by atoms with E-state index in [1.165, 1.54) is 0 Å². The lowest BCUT2D eigenvalue weighted by Crippen LogP contribution is -2.57. The topological polar surface area (TPSA) is 66.4 Å². The first-order valence-corrected chi connectivity index (χ1v) is 13.6. The number of unbranched alkanes of at least 4 members (excludes halogenated alkanes) is 2. The minimum absolute atomic E-state index is 0.108. The molecule has 0 saturated carbocycles. The Labute approximate surface area is 196 Å². The number of nitrogens with zero attached hydrogens (tertiary/aromatic N) is 2. The second kappa shape index (κ2) is 12.3. The molecule has 2 aliphatic rings. The molecule has 180 valence electrons. The molecule has 0 spiro atoms. The Bertz CT molecular complexity index is 621. The van der Waals surface area contributed by atoms with E-state index >= 15 is 0 Å². The minimum Gasteiger partial charge on any atom is -0.611 e. The Morgan fingerprint density at radius 1 is 1.16 bits per heavy atom. The highest BCUT2D eigenvalue weighted by atomic mass is 32.2. The molecule has 1 fully saturated rings. The first-order chi connectivity index (χ1) is 14.6. The van der Waals surface area contributed by atoms with E-state index in [9.17, 15) is 4.55 Å². The van der Waals surface area contributed by atoms with E-state index in [2.05, 4.69) is 13.8 Å². The number of amidine groups is 1. The van der Waals surface area contributed by atoms with Crippen molar-refractivity contribution in [3.8, 4) is 0 Å². The Balaban J connectivity index is 2.35. The summed E-state index contributed by atoms with van der Waals surface area (Å²) in [6.45, 7) is 13.6. The smallest absolute Gasteiger partial charge is 0.161 e. The molecular formula is C23H42N2O4S2. The van der Waals surface area contributed by atoms with Gasteiger partial charge in [-0.05, 0) is 51.7 Å². The van der Waals surface area contributed by atoms with Gasteiger partial charge in [-0.25, -0.2) is 0 Å². The summed E-state index contributed by atoms with van der Waals surface area (Å²) >= 11 is 0.525. The number of hydrogen-bond donors (Lipinski definition) is 0. The molecule has 31 heavy (non-hydrogen) atoms. The molecule has 0 aromatic carbocycles. The zero-order valence-electron chi connectivity index (χ0n) is 20.6. The van der Waals surface area contributed by atoms with Crippen LogP contribution in [0.25, 0.3) is 0 Å². The van der Waals surface area contributed by atoms with Crippen LogP contribution in [0.2, 0.25) is 0 Å². The molecule has 6 atom stereocenters. The third-order valence-electron chi connectivity index (χ3n) is 5.34. The van der Waals surface area contributed by atoms with Gasteiger partial charge in [0.05, 0.1) is 0 Å². The summed E-state index contributed by atoms with van der Waals surface area (Å²) in [7, 11) is 4.00.